The van der Waals surface area contributed by atoms with E-state index >= 15 is 0 Å². The summed E-state index contributed by atoms with van der Waals surface area (Å²) in [5.74, 6) is -0.314. The van der Waals surface area contributed by atoms with Crippen molar-refractivity contribution in [1.29, 1.82) is 0 Å². The molecule has 0 aromatic heterocycles. The third-order valence-corrected chi connectivity index (χ3v) is 5.62. The first-order valence-corrected chi connectivity index (χ1v) is 9.77. The summed E-state index contributed by atoms with van der Waals surface area (Å²) in [6.07, 6.45) is 2.35. The van der Waals surface area contributed by atoms with E-state index in [1.165, 1.54) is 17.7 Å². The van der Waals surface area contributed by atoms with Crippen LogP contribution in [-0.2, 0) is 16.0 Å². The monoisotopic (exact) mass is 381 g/mol. The van der Waals surface area contributed by atoms with E-state index in [-0.39, 0.29) is 23.5 Å². The molecule has 0 atom stereocenters. The van der Waals surface area contributed by atoms with Gasteiger partial charge in [0.1, 0.15) is 5.82 Å². The van der Waals surface area contributed by atoms with Crippen molar-refractivity contribution < 1.29 is 14.0 Å². The number of anilines is 2. The van der Waals surface area contributed by atoms with Gasteiger partial charge >= 0.3 is 0 Å². The number of likely N-dealkylation sites (tertiary alicyclic amines) is 1. The van der Waals surface area contributed by atoms with Gasteiger partial charge in [-0.25, -0.2) is 4.39 Å². The van der Waals surface area contributed by atoms with Crippen molar-refractivity contribution in [2.75, 3.05) is 36.4 Å². The Kier molecular flexibility index (Phi) is 5.39. The van der Waals surface area contributed by atoms with Gasteiger partial charge in [-0.05, 0) is 68.2 Å². The number of nitrogens with zero attached hydrogens (tertiary/aromatic N) is 2. The van der Waals surface area contributed by atoms with E-state index in [4.69, 9.17) is 0 Å². The van der Waals surface area contributed by atoms with Crippen LogP contribution in [0, 0.1) is 11.7 Å². The van der Waals surface area contributed by atoms with Gasteiger partial charge in [-0.3, -0.25) is 14.5 Å². The van der Waals surface area contributed by atoms with Crippen molar-refractivity contribution in [2.24, 2.45) is 5.92 Å². The highest BCUT2D eigenvalue weighted by Crippen LogP contribution is 2.28. The van der Waals surface area contributed by atoms with E-state index in [0.717, 1.165) is 44.6 Å². The summed E-state index contributed by atoms with van der Waals surface area (Å²) in [6.45, 7) is 2.58. The molecule has 4 rings (SSSR count). The number of nitrogens with one attached hydrogen (secondary N) is 1. The minimum Gasteiger partial charge on any atom is -0.326 e. The number of carbonyl (C=O) groups excluding carboxylic acids is 2. The molecule has 146 valence electrons. The molecule has 5 nitrogen and oxygen atoms in total. The molecule has 0 radical (unpaired) electrons. The van der Waals surface area contributed by atoms with Crippen LogP contribution in [0.15, 0.2) is 48.5 Å². The fraction of sp³-hybridized carbons (Fsp3) is 0.364. The minimum atomic E-state index is -0.323. The van der Waals surface area contributed by atoms with Gasteiger partial charge in [0.25, 0.3) is 0 Å². The van der Waals surface area contributed by atoms with E-state index in [0.29, 0.717) is 12.2 Å². The van der Waals surface area contributed by atoms with Crippen LogP contribution in [0.4, 0.5) is 15.8 Å². The zero-order chi connectivity index (χ0) is 19.5. The Morgan fingerprint density at radius 3 is 2.46 bits per heavy atom. The van der Waals surface area contributed by atoms with E-state index in [1.807, 2.05) is 23.1 Å². The summed E-state index contributed by atoms with van der Waals surface area (Å²) < 4.78 is 13.0. The lowest BCUT2D eigenvalue weighted by Gasteiger charge is -2.32. The molecular formula is C22H24FN3O2. The summed E-state index contributed by atoms with van der Waals surface area (Å²) in [6, 6.07) is 13.9. The standard InChI is InChI=1S/C22H24FN3O2/c23-18-5-7-19(8-6-18)24-22(28)17-9-12-25(13-10-17)15-21(27)26-14-11-16-3-1-2-4-20(16)26/h1-8,17H,9-15H2,(H,24,28). The third kappa shape index (κ3) is 4.07. The van der Waals surface area contributed by atoms with Crippen molar-refractivity contribution in [3.63, 3.8) is 0 Å². The Balaban J connectivity index is 1.27. The Morgan fingerprint density at radius 1 is 1.00 bits per heavy atom. The number of rotatable bonds is 4. The van der Waals surface area contributed by atoms with Crippen LogP contribution in [0.1, 0.15) is 18.4 Å². The normalized spacial score (nSPS) is 17.4. The molecule has 1 N–H and O–H groups in total. The number of fused-ring (bicyclic) bond motifs is 1. The molecule has 2 aromatic rings. The highest BCUT2D eigenvalue weighted by Gasteiger charge is 2.29. The quantitative estimate of drug-likeness (QED) is 0.886. The second-order valence-corrected chi connectivity index (χ2v) is 7.47. The maximum absolute atomic E-state index is 13.0. The topological polar surface area (TPSA) is 52.7 Å². The summed E-state index contributed by atoms with van der Waals surface area (Å²) >= 11 is 0. The van der Waals surface area contributed by atoms with Crippen LogP contribution >= 0.6 is 0 Å². The number of amides is 2. The average molecular weight is 381 g/mol. The fourth-order valence-corrected chi connectivity index (χ4v) is 4.00. The molecule has 0 saturated carbocycles. The van der Waals surface area contributed by atoms with Gasteiger partial charge in [-0.1, -0.05) is 18.2 Å². The fourth-order valence-electron chi connectivity index (χ4n) is 4.00. The van der Waals surface area contributed by atoms with E-state index in [9.17, 15) is 14.0 Å². The van der Waals surface area contributed by atoms with Crippen LogP contribution in [-0.4, -0.2) is 42.9 Å². The molecule has 2 amide bonds. The summed E-state index contributed by atoms with van der Waals surface area (Å²) in [5, 5.41) is 2.85. The number of halogens is 1. The Bertz CT molecular complexity index is 860. The zero-order valence-corrected chi connectivity index (χ0v) is 15.7. The SMILES string of the molecule is O=C(Nc1ccc(F)cc1)C1CCN(CC(=O)N2CCc3ccccc32)CC1. The Morgan fingerprint density at radius 2 is 1.71 bits per heavy atom. The third-order valence-electron chi connectivity index (χ3n) is 5.62. The van der Waals surface area contributed by atoms with Crippen molar-refractivity contribution in [3.05, 3.63) is 59.9 Å². The predicted octanol–water partition coefficient (Wildman–Crippen LogP) is 3.07. The van der Waals surface area contributed by atoms with Gasteiger partial charge in [0.2, 0.25) is 11.8 Å². The van der Waals surface area contributed by atoms with Crippen molar-refractivity contribution in [3.8, 4) is 0 Å². The van der Waals surface area contributed by atoms with Crippen molar-refractivity contribution in [1.82, 2.24) is 4.90 Å². The van der Waals surface area contributed by atoms with Gasteiger partial charge in [0.05, 0.1) is 6.54 Å². The first kappa shape index (κ1) is 18.6. The molecule has 2 aromatic carbocycles. The van der Waals surface area contributed by atoms with Crippen LogP contribution in [0.3, 0.4) is 0 Å². The van der Waals surface area contributed by atoms with Crippen LogP contribution in [0.25, 0.3) is 0 Å². The van der Waals surface area contributed by atoms with Gasteiger partial charge in [-0.2, -0.15) is 0 Å². The van der Waals surface area contributed by atoms with Crippen LogP contribution < -0.4 is 10.2 Å². The lowest BCUT2D eigenvalue weighted by atomic mass is 9.95. The molecule has 0 spiro atoms. The number of carbonyl (C=O) groups is 2. The number of hydrogen-bond acceptors (Lipinski definition) is 3. The molecule has 1 fully saturated rings. The zero-order valence-electron chi connectivity index (χ0n) is 15.7. The second-order valence-electron chi connectivity index (χ2n) is 7.47. The molecule has 2 aliphatic rings. The lowest BCUT2D eigenvalue weighted by molar-refractivity contribution is -0.122. The Labute approximate surface area is 164 Å². The molecule has 2 aliphatic heterocycles. The van der Waals surface area contributed by atoms with E-state index in [1.54, 1.807) is 12.1 Å². The minimum absolute atomic E-state index is 0.0361. The highest BCUT2D eigenvalue weighted by molar-refractivity contribution is 5.97. The number of para-hydroxylation sites is 1. The summed E-state index contributed by atoms with van der Waals surface area (Å²) in [7, 11) is 0. The molecular weight excluding hydrogens is 357 g/mol. The smallest absolute Gasteiger partial charge is 0.241 e. The van der Waals surface area contributed by atoms with Gasteiger partial charge in [0, 0.05) is 23.8 Å². The predicted molar refractivity (Wildman–Crippen MR) is 107 cm³/mol. The first-order chi connectivity index (χ1) is 13.6. The average Bonchev–Trinajstić information content (AvgIpc) is 3.14. The van der Waals surface area contributed by atoms with Crippen LogP contribution in [0.2, 0.25) is 0 Å². The number of hydrogen-bond donors (Lipinski definition) is 1. The Hall–Kier alpha value is -2.73. The van der Waals surface area contributed by atoms with Crippen LogP contribution in [0.5, 0.6) is 0 Å². The summed E-state index contributed by atoms with van der Waals surface area (Å²) in [4.78, 5) is 29.2. The molecule has 2 heterocycles. The first-order valence-electron chi connectivity index (χ1n) is 9.77. The van der Waals surface area contributed by atoms with E-state index < -0.39 is 0 Å². The highest BCUT2D eigenvalue weighted by atomic mass is 19.1. The summed E-state index contributed by atoms with van der Waals surface area (Å²) in [5.41, 5.74) is 2.87. The molecule has 0 aliphatic carbocycles. The molecule has 6 heteroatoms. The molecule has 0 unspecified atom stereocenters. The number of piperidine rings is 1. The number of benzene rings is 2. The van der Waals surface area contributed by atoms with Crippen molar-refractivity contribution >= 4 is 23.2 Å². The molecule has 0 bridgehead atoms. The van der Waals surface area contributed by atoms with Crippen molar-refractivity contribution in [2.45, 2.75) is 19.3 Å². The maximum atomic E-state index is 13.0. The molecule has 1 saturated heterocycles. The van der Waals surface area contributed by atoms with Gasteiger partial charge < -0.3 is 10.2 Å². The largest absolute Gasteiger partial charge is 0.326 e. The second kappa shape index (κ2) is 8.10. The van der Waals surface area contributed by atoms with E-state index in [2.05, 4.69) is 16.3 Å². The lowest BCUT2D eigenvalue weighted by Crippen LogP contribution is -2.44. The molecule has 28 heavy (non-hydrogen) atoms. The van der Waals surface area contributed by atoms with Gasteiger partial charge in [-0.15, -0.1) is 0 Å². The maximum Gasteiger partial charge on any atom is 0.241 e. The van der Waals surface area contributed by atoms with Gasteiger partial charge in [0.15, 0.2) is 0 Å².